The van der Waals surface area contributed by atoms with Crippen molar-refractivity contribution in [3.63, 3.8) is 0 Å². The zero-order chi connectivity index (χ0) is 19.5. The third-order valence-electron chi connectivity index (χ3n) is 4.31. The molecule has 4 aromatic rings. The Balaban J connectivity index is 1.58. The van der Waals surface area contributed by atoms with E-state index in [1.807, 2.05) is 16.7 Å². The molecule has 0 unspecified atom stereocenters. The maximum Gasteiger partial charge on any atom is 0.251 e. The number of nitrogens with one attached hydrogen (secondary N) is 1. The van der Waals surface area contributed by atoms with Gasteiger partial charge in [-0.2, -0.15) is 0 Å². The number of amides is 1. The van der Waals surface area contributed by atoms with E-state index in [1.54, 1.807) is 42.6 Å². The molecule has 0 spiro atoms. The summed E-state index contributed by atoms with van der Waals surface area (Å²) >= 11 is 5.94. The average molecular weight is 395 g/mol. The van der Waals surface area contributed by atoms with Crippen molar-refractivity contribution < 1.29 is 9.18 Å². The van der Waals surface area contributed by atoms with Crippen molar-refractivity contribution in [1.82, 2.24) is 19.9 Å². The summed E-state index contributed by atoms with van der Waals surface area (Å²) in [6.07, 6.45) is 1.69. The zero-order valence-corrected chi connectivity index (χ0v) is 15.5. The van der Waals surface area contributed by atoms with Crippen LogP contribution in [0, 0.1) is 5.82 Å². The Labute approximate surface area is 165 Å². The molecular weight excluding hydrogens is 379 g/mol. The fraction of sp³-hybridized carbons (Fsp3) is 0.0952. The molecule has 0 radical (unpaired) electrons. The van der Waals surface area contributed by atoms with Gasteiger partial charge in [-0.25, -0.2) is 14.4 Å². The molecule has 28 heavy (non-hydrogen) atoms. The fourth-order valence-electron chi connectivity index (χ4n) is 3.00. The van der Waals surface area contributed by atoms with Crippen LogP contribution in [0.15, 0.2) is 66.9 Å². The minimum atomic E-state index is -0.307. The first kappa shape index (κ1) is 18.1. The Morgan fingerprint density at radius 3 is 2.71 bits per heavy atom. The summed E-state index contributed by atoms with van der Waals surface area (Å²) in [4.78, 5) is 21.4. The molecule has 0 bridgehead atoms. The van der Waals surface area contributed by atoms with Gasteiger partial charge in [-0.15, -0.1) is 0 Å². The molecule has 1 amide bonds. The van der Waals surface area contributed by atoms with Gasteiger partial charge in [0.15, 0.2) is 5.65 Å². The van der Waals surface area contributed by atoms with Crippen LogP contribution in [0.25, 0.3) is 22.6 Å². The van der Waals surface area contributed by atoms with E-state index in [-0.39, 0.29) is 11.7 Å². The van der Waals surface area contributed by atoms with Gasteiger partial charge in [0.25, 0.3) is 5.91 Å². The second-order valence-corrected chi connectivity index (χ2v) is 6.64. The lowest BCUT2D eigenvalue weighted by molar-refractivity contribution is 0.0952. The Kier molecular flexibility index (Phi) is 5.04. The van der Waals surface area contributed by atoms with Crippen LogP contribution in [0.3, 0.4) is 0 Å². The first-order valence-electron chi connectivity index (χ1n) is 8.73. The van der Waals surface area contributed by atoms with E-state index in [0.29, 0.717) is 35.1 Å². The van der Waals surface area contributed by atoms with Crippen LogP contribution in [-0.2, 0) is 6.54 Å². The molecule has 2 aromatic carbocycles. The quantitative estimate of drug-likeness (QED) is 0.548. The highest BCUT2D eigenvalue weighted by Crippen LogP contribution is 2.23. The number of hydrogen-bond donors (Lipinski definition) is 1. The molecular formula is C21H16ClFN4O. The Morgan fingerprint density at radius 1 is 1.11 bits per heavy atom. The Bertz CT molecular complexity index is 1140. The number of aromatic nitrogens is 3. The molecule has 0 saturated heterocycles. The number of imidazole rings is 1. The third kappa shape index (κ3) is 3.73. The molecule has 4 rings (SSSR count). The first-order chi connectivity index (χ1) is 13.6. The predicted molar refractivity (Wildman–Crippen MR) is 107 cm³/mol. The molecule has 140 valence electrons. The van der Waals surface area contributed by atoms with Gasteiger partial charge in [0.1, 0.15) is 17.2 Å². The van der Waals surface area contributed by atoms with Crippen molar-refractivity contribution in [3.8, 4) is 11.4 Å². The van der Waals surface area contributed by atoms with Crippen LogP contribution in [0.4, 0.5) is 4.39 Å². The summed E-state index contributed by atoms with van der Waals surface area (Å²) in [7, 11) is 0. The third-order valence-corrected chi connectivity index (χ3v) is 4.55. The van der Waals surface area contributed by atoms with Crippen molar-refractivity contribution in [1.29, 1.82) is 0 Å². The molecule has 7 heteroatoms. The van der Waals surface area contributed by atoms with Crippen molar-refractivity contribution in [2.45, 2.75) is 6.54 Å². The molecule has 2 heterocycles. The SMILES string of the molecule is O=C(NCCn1c(-c2ccc(F)cc2)nc2cccnc21)c1cccc(Cl)c1. The topological polar surface area (TPSA) is 59.8 Å². The van der Waals surface area contributed by atoms with Crippen LogP contribution >= 0.6 is 11.6 Å². The van der Waals surface area contributed by atoms with Crippen LogP contribution < -0.4 is 5.32 Å². The molecule has 0 aliphatic rings. The van der Waals surface area contributed by atoms with Gasteiger partial charge in [-0.05, 0) is 54.6 Å². The lowest BCUT2D eigenvalue weighted by Crippen LogP contribution is -2.27. The molecule has 5 nitrogen and oxygen atoms in total. The van der Waals surface area contributed by atoms with E-state index in [2.05, 4.69) is 15.3 Å². The number of benzene rings is 2. The van der Waals surface area contributed by atoms with Crippen LogP contribution in [0.5, 0.6) is 0 Å². The standard InChI is InChI=1S/C21H16ClFN4O/c22-16-4-1-3-15(13-16)21(28)25-11-12-27-19(14-6-8-17(23)9-7-14)26-18-5-2-10-24-20(18)27/h1-10,13H,11-12H2,(H,25,28). The Hall–Kier alpha value is -3.25. The molecule has 0 atom stereocenters. The summed E-state index contributed by atoms with van der Waals surface area (Å²) in [5.74, 6) is 0.159. The monoisotopic (exact) mass is 394 g/mol. The van der Waals surface area contributed by atoms with Crippen LogP contribution in [-0.4, -0.2) is 27.0 Å². The highest BCUT2D eigenvalue weighted by Gasteiger charge is 2.14. The first-order valence-corrected chi connectivity index (χ1v) is 9.10. The maximum atomic E-state index is 13.3. The van der Waals surface area contributed by atoms with Crippen molar-refractivity contribution in [2.75, 3.05) is 6.54 Å². The summed E-state index contributed by atoms with van der Waals surface area (Å²) in [5, 5.41) is 3.39. The summed E-state index contributed by atoms with van der Waals surface area (Å²) in [6.45, 7) is 0.841. The smallest absolute Gasteiger partial charge is 0.251 e. The molecule has 2 aromatic heterocycles. The number of halogens is 2. The van der Waals surface area contributed by atoms with Crippen LogP contribution in [0.1, 0.15) is 10.4 Å². The maximum absolute atomic E-state index is 13.3. The number of fused-ring (bicyclic) bond motifs is 1. The lowest BCUT2D eigenvalue weighted by atomic mass is 10.2. The molecule has 0 fully saturated rings. The number of rotatable bonds is 5. The van der Waals surface area contributed by atoms with Gasteiger partial charge >= 0.3 is 0 Å². The number of carbonyl (C=O) groups is 1. The highest BCUT2D eigenvalue weighted by atomic mass is 35.5. The molecule has 0 aliphatic heterocycles. The normalized spacial score (nSPS) is 10.9. The number of pyridine rings is 1. The Morgan fingerprint density at radius 2 is 1.93 bits per heavy atom. The second kappa shape index (κ2) is 7.78. The largest absolute Gasteiger partial charge is 0.350 e. The van der Waals surface area contributed by atoms with E-state index in [1.165, 1.54) is 12.1 Å². The minimum absolute atomic E-state index is 0.205. The van der Waals surface area contributed by atoms with E-state index in [0.717, 1.165) is 11.1 Å². The van der Waals surface area contributed by atoms with E-state index < -0.39 is 0 Å². The van der Waals surface area contributed by atoms with Gasteiger partial charge in [0, 0.05) is 35.4 Å². The second-order valence-electron chi connectivity index (χ2n) is 6.21. The number of carbonyl (C=O) groups excluding carboxylic acids is 1. The minimum Gasteiger partial charge on any atom is -0.350 e. The molecule has 0 saturated carbocycles. The van der Waals surface area contributed by atoms with Gasteiger partial charge < -0.3 is 9.88 Å². The summed E-state index contributed by atoms with van der Waals surface area (Å²) < 4.78 is 15.2. The highest BCUT2D eigenvalue weighted by molar-refractivity contribution is 6.30. The van der Waals surface area contributed by atoms with Crippen molar-refractivity contribution in [3.05, 3.63) is 83.3 Å². The van der Waals surface area contributed by atoms with E-state index in [9.17, 15) is 9.18 Å². The van der Waals surface area contributed by atoms with Gasteiger partial charge in [-0.1, -0.05) is 17.7 Å². The lowest BCUT2D eigenvalue weighted by Gasteiger charge is -2.10. The van der Waals surface area contributed by atoms with E-state index in [4.69, 9.17) is 11.6 Å². The van der Waals surface area contributed by atoms with Crippen molar-refractivity contribution in [2.24, 2.45) is 0 Å². The zero-order valence-electron chi connectivity index (χ0n) is 14.8. The number of hydrogen-bond acceptors (Lipinski definition) is 3. The average Bonchev–Trinajstić information content (AvgIpc) is 3.07. The van der Waals surface area contributed by atoms with E-state index >= 15 is 0 Å². The van der Waals surface area contributed by atoms with Gasteiger partial charge in [-0.3, -0.25) is 4.79 Å². The van der Waals surface area contributed by atoms with Crippen molar-refractivity contribution >= 4 is 28.7 Å². The summed E-state index contributed by atoms with van der Waals surface area (Å²) in [5.41, 5.74) is 2.72. The number of nitrogens with zero attached hydrogens (tertiary/aromatic N) is 3. The predicted octanol–water partition coefficient (Wildman–Crippen LogP) is 4.32. The van der Waals surface area contributed by atoms with Gasteiger partial charge in [0.2, 0.25) is 0 Å². The summed E-state index contributed by atoms with van der Waals surface area (Å²) in [6, 6.07) is 16.6. The fourth-order valence-corrected chi connectivity index (χ4v) is 3.19. The molecule has 1 N–H and O–H groups in total. The van der Waals surface area contributed by atoms with Crippen LogP contribution in [0.2, 0.25) is 5.02 Å². The van der Waals surface area contributed by atoms with Gasteiger partial charge in [0.05, 0.1) is 0 Å². The molecule has 0 aliphatic carbocycles.